The van der Waals surface area contributed by atoms with Crippen LogP contribution in [-0.4, -0.2) is 16.1 Å². The molecule has 0 aliphatic carbocycles. The Morgan fingerprint density at radius 1 is 1.67 bits per heavy atom. The number of hydrogen-bond acceptors (Lipinski definition) is 3. The number of pyridine rings is 1. The van der Waals surface area contributed by atoms with E-state index in [1.807, 2.05) is 13.8 Å². The molecule has 1 heterocycles. The highest BCUT2D eigenvalue weighted by Crippen LogP contribution is 2.22. The second-order valence-corrected chi connectivity index (χ2v) is 3.69. The first-order valence-corrected chi connectivity index (χ1v) is 4.69. The van der Waals surface area contributed by atoms with Crippen LogP contribution in [0.1, 0.15) is 41.4 Å². The Morgan fingerprint density at radius 2 is 2.27 bits per heavy atom. The second kappa shape index (κ2) is 4.28. The van der Waals surface area contributed by atoms with Gasteiger partial charge in [0.1, 0.15) is 11.2 Å². The number of carboxylic acid groups (broad SMARTS) is 1. The summed E-state index contributed by atoms with van der Waals surface area (Å²) in [6, 6.07) is 3.06. The Hall–Kier alpha value is -1.60. The molecule has 1 rings (SSSR count). The first-order chi connectivity index (χ1) is 6.97. The molecular weight excluding hydrogens is 216 g/mol. The summed E-state index contributed by atoms with van der Waals surface area (Å²) in [6.45, 7) is 3.63. The number of aromatic nitrogens is 1. The summed E-state index contributed by atoms with van der Waals surface area (Å²) in [5, 5.41) is 17.7. The van der Waals surface area contributed by atoms with E-state index >= 15 is 0 Å². The summed E-state index contributed by atoms with van der Waals surface area (Å²) in [5.74, 6) is -1.15. The molecule has 1 aromatic rings. The summed E-state index contributed by atoms with van der Waals surface area (Å²) >= 11 is 5.72. The van der Waals surface area contributed by atoms with Gasteiger partial charge in [-0.2, -0.15) is 5.26 Å². The van der Waals surface area contributed by atoms with E-state index in [0.717, 1.165) is 0 Å². The lowest BCUT2D eigenvalue weighted by molar-refractivity contribution is 0.0694. The van der Waals surface area contributed by atoms with E-state index in [2.05, 4.69) is 4.98 Å². The lowest BCUT2D eigenvalue weighted by atomic mass is 10.0. The monoisotopic (exact) mass is 224 g/mol. The molecule has 1 aromatic heterocycles. The maximum absolute atomic E-state index is 10.9. The number of aromatic carboxylic acids is 1. The predicted molar refractivity (Wildman–Crippen MR) is 55.0 cm³/mol. The van der Waals surface area contributed by atoms with E-state index in [9.17, 15) is 4.79 Å². The largest absolute Gasteiger partial charge is 0.478 e. The van der Waals surface area contributed by atoms with Crippen molar-refractivity contribution in [1.82, 2.24) is 4.98 Å². The number of carboxylic acids is 1. The molecule has 78 valence electrons. The van der Waals surface area contributed by atoms with E-state index in [1.54, 1.807) is 6.07 Å². The molecule has 0 saturated carbocycles. The predicted octanol–water partition coefficient (Wildman–Crippen LogP) is 2.43. The van der Waals surface area contributed by atoms with E-state index < -0.39 is 5.97 Å². The number of rotatable bonds is 2. The molecule has 0 aliphatic rings. The van der Waals surface area contributed by atoms with Crippen molar-refractivity contribution in [2.45, 2.75) is 19.8 Å². The third kappa shape index (κ3) is 2.25. The highest BCUT2D eigenvalue weighted by atomic mass is 35.5. The van der Waals surface area contributed by atoms with Crippen molar-refractivity contribution in [3.63, 3.8) is 0 Å². The van der Waals surface area contributed by atoms with Crippen molar-refractivity contribution >= 4 is 17.6 Å². The van der Waals surface area contributed by atoms with Gasteiger partial charge in [0.05, 0.1) is 16.8 Å². The van der Waals surface area contributed by atoms with Gasteiger partial charge in [-0.25, -0.2) is 9.78 Å². The van der Waals surface area contributed by atoms with Crippen LogP contribution in [0.25, 0.3) is 0 Å². The number of nitriles is 1. The maximum atomic E-state index is 10.9. The van der Waals surface area contributed by atoms with Crippen LogP contribution in [0.4, 0.5) is 0 Å². The first-order valence-electron chi connectivity index (χ1n) is 4.31. The van der Waals surface area contributed by atoms with Crippen LogP contribution in [0.2, 0.25) is 5.15 Å². The summed E-state index contributed by atoms with van der Waals surface area (Å²) in [4.78, 5) is 14.8. The van der Waals surface area contributed by atoms with Gasteiger partial charge in [0.15, 0.2) is 0 Å². The zero-order valence-corrected chi connectivity index (χ0v) is 9.04. The van der Waals surface area contributed by atoms with E-state index in [4.69, 9.17) is 22.0 Å². The van der Waals surface area contributed by atoms with Gasteiger partial charge in [-0.15, -0.1) is 0 Å². The fourth-order valence-corrected chi connectivity index (χ4v) is 1.38. The molecule has 15 heavy (non-hydrogen) atoms. The standard InChI is InChI=1S/C10H9ClN2O2/c1-5(2)8-7(10(14)15)3-6(4-12)9(11)13-8/h3,5H,1-2H3,(H,14,15). The highest BCUT2D eigenvalue weighted by molar-refractivity contribution is 6.30. The van der Waals surface area contributed by atoms with Gasteiger partial charge in [0.2, 0.25) is 0 Å². The average Bonchev–Trinajstić information content (AvgIpc) is 2.16. The minimum Gasteiger partial charge on any atom is -0.478 e. The number of halogens is 1. The molecule has 1 N–H and O–H groups in total. The molecule has 0 fully saturated rings. The van der Waals surface area contributed by atoms with Gasteiger partial charge >= 0.3 is 5.97 Å². The molecule has 0 unspecified atom stereocenters. The van der Waals surface area contributed by atoms with Gasteiger partial charge in [-0.1, -0.05) is 25.4 Å². The smallest absolute Gasteiger partial charge is 0.337 e. The van der Waals surface area contributed by atoms with Crippen LogP contribution in [-0.2, 0) is 0 Å². The highest BCUT2D eigenvalue weighted by Gasteiger charge is 2.17. The zero-order valence-electron chi connectivity index (χ0n) is 8.28. The average molecular weight is 225 g/mol. The molecule has 0 aromatic carbocycles. The van der Waals surface area contributed by atoms with Gasteiger partial charge in [-0.05, 0) is 12.0 Å². The zero-order chi connectivity index (χ0) is 11.6. The molecular formula is C10H9ClN2O2. The molecule has 0 atom stereocenters. The summed E-state index contributed by atoms with van der Waals surface area (Å²) in [5.41, 5.74) is 0.510. The topological polar surface area (TPSA) is 74.0 Å². The van der Waals surface area contributed by atoms with Crippen LogP contribution in [0, 0.1) is 11.3 Å². The lowest BCUT2D eigenvalue weighted by Crippen LogP contribution is -2.07. The fraction of sp³-hybridized carbons (Fsp3) is 0.300. The third-order valence-electron chi connectivity index (χ3n) is 1.90. The SMILES string of the molecule is CC(C)c1nc(Cl)c(C#N)cc1C(=O)O. The quantitative estimate of drug-likeness (QED) is 0.783. The minimum atomic E-state index is -1.10. The van der Waals surface area contributed by atoms with E-state index in [1.165, 1.54) is 6.07 Å². The van der Waals surface area contributed by atoms with Crippen molar-refractivity contribution in [2.75, 3.05) is 0 Å². The summed E-state index contributed by atoms with van der Waals surface area (Å²) in [6.07, 6.45) is 0. The number of carbonyl (C=O) groups is 1. The van der Waals surface area contributed by atoms with Crippen molar-refractivity contribution in [2.24, 2.45) is 0 Å². The van der Waals surface area contributed by atoms with Crippen LogP contribution >= 0.6 is 11.6 Å². The van der Waals surface area contributed by atoms with Crippen LogP contribution in [0.3, 0.4) is 0 Å². The Labute approximate surface area is 92.1 Å². The van der Waals surface area contributed by atoms with Crippen LogP contribution in [0.5, 0.6) is 0 Å². The maximum Gasteiger partial charge on any atom is 0.337 e. The van der Waals surface area contributed by atoms with E-state index in [-0.39, 0.29) is 22.2 Å². The molecule has 5 heteroatoms. The summed E-state index contributed by atoms with van der Waals surface area (Å²) < 4.78 is 0. The Morgan fingerprint density at radius 3 is 2.67 bits per heavy atom. The summed E-state index contributed by atoms with van der Waals surface area (Å²) in [7, 11) is 0. The van der Waals surface area contributed by atoms with Crippen LogP contribution < -0.4 is 0 Å². The van der Waals surface area contributed by atoms with Gasteiger partial charge < -0.3 is 5.11 Å². The third-order valence-corrected chi connectivity index (χ3v) is 2.19. The van der Waals surface area contributed by atoms with Gasteiger partial charge in [0.25, 0.3) is 0 Å². The molecule has 0 saturated heterocycles. The number of hydrogen-bond donors (Lipinski definition) is 1. The fourth-order valence-electron chi connectivity index (χ4n) is 1.19. The molecule has 0 radical (unpaired) electrons. The van der Waals surface area contributed by atoms with Crippen molar-refractivity contribution in [3.8, 4) is 6.07 Å². The number of nitrogens with zero attached hydrogens (tertiary/aromatic N) is 2. The molecule has 0 spiro atoms. The van der Waals surface area contributed by atoms with E-state index in [0.29, 0.717) is 5.69 Å². The first kappa shape index (κ1) is 11.5. The van der Waals surface area contributed by atoms with Crippen LogP contribution in [0.15, 0.2) is 6.07 Å². The van der Waals surface area contributed by atoms with Gasteiger partial charge in [0, 0.05) is 0 Å². The normalized spacial score (nSPS) is 10.1. The molecule has 4 nitrogen and oxygen atoms in total. The minimum absolute atomic E-state index is 0.0333. The Bertz CT molecular complexity index is 449. The van der Waals surface area contributed by atoms with Crippen molar-refractivity contribution < 1.29 is 9.90 Å². The van der Waals surface area contributed by atoms with Gasteiger partial charge in [-0.3, -0.25) is 0 Å². The molecule has 0 amide bonds. The lowest BCUT2D eigenvalue weighted by Gasteiger charge is -2.09. The molecule has 0 aliphatic heterocycles. The van der Waals surface area contributed by atoms with Crippen molar-refractivity contribution in [3.05, 3.63) is 28.0 Å². The second-order valence-electron chi connectivity index (χ2n) is 3.33. The molecule has 0 bridgehead atoms. The van der Waals surface area contributed by atoms with Crippen molar-refractivity contribution in [1.29, 1.82) is 5.26 Å². The Balaban J connectivity index is 3.47. The Kier molecular flexibility index (Phi) is 3.28.